The second kappa shape index (κ2) is 9.03. The van der Waals surface area contributed by atoms with Gasteiger partial charge in [0.1, 0.15) is 11.8 Å². The van der Waals surface area contributed by atoms with Gasteiger partial charge in [0.15, 0.2) is 0 Å². The summed E-state index contributed by atoms with van der Waals surface area (Å²) in [4.78, 5) is 37.7. The summed E-state index contributed by atoms with van der Waals surface area (Å²) >= 11 is 0. The van der Waals surface area contributed by atoms with Crippen molar-refractivity contribution in [3.05, 3.63) is 65.7 Å². The number of phenols is 1. The third-order valence-corrected chi connectivity index (χ3v) is 4.62. The molecule has 1 fully saturated rings. The van der Waals surface area contributed by atoms with Gasteiger partial charge in [-0.05, 0) is 36.1 Å². The van der Waals surface area contributed by atoms with Crippen molar-refractivity contribution in [2.24, 2.45) is 0 Å². The van der Waals surface area contributed by atoms with Gasteiger partial charge in [0.25, 0.3) is 5.91 Å². The second-order valence-electron chi connectivity index (χ2n) is 6.72. The van der Waals surface area contributed by atoms with E-state index in [0.29, 0.717) is 13.0 Å². The summed E-state index contributed by atoms with van der Waals surface area (Å²) in [7, 11) is 0. The predicted octanol–water partition coefficient (Wildman–Crippen LogP) is 1.95. The van der Waals surface area contributed by atoms with Crippen molar-refractivity contribution in [1.82, 2.24) is 15.5 Å². The molecule has 1 heterocycles. The Morgan fingerprint density at radius 2 is 1.75 bits per heavy atom. The number of aromatic hydroxyl groups is 1. The largest absolute Gasteiger partial charge is 0.508 e. The molecule has 0 saturated carbocycles. The van der Waals surface area contributed by atoms with Crippen LogP contribution in [0.15, 0.2) is 54.6 Å². The quantitative estimate of drug-likeness (QED) is 0.609. The van der Waals surface area contributed by atoms with Gasteiger partial charge in [-0.15, -0.1) is 0 Å². The molecule has 3 N–H and O–H groups in total. The highest BCUT2D eigenvalue weighted by atomic mass is 16.3. The number of rotatable bonds is 8. The Morgan fingerprint density at radius 3 is 2.46 bits per heavy atom. The molecule has 28 heavy (non-hydrogen) atoms. The molecule has 0 aromatic heterocycles. The number of nitrogens with zero attached hydrogens (tertiary/aromatic N) is 1. The van der Waals surface area contributed by atoms with Gasteiger partial charge in [-0.1, -0.05) is 42.5 Å². The number of hydrogen-bond donors (Lipinski definition) is 3. The summed E-state index contributed by atoms with van der Waals surface area (Å²) in [5, 5.41) is 14.7. The molecule has 0 aliphatic carbocycles. The van der Waals surface area contributed by atoms with Crippen molar-refractivity contribution in [3.63, 3.8) is 0 Å². The van der Waals surface area contributed by atoms with Crippen molar-refractivity contribution in [3.8, 4) is 5.75 Å². The Morgan fingerprint density at radius 1 is 1.04 bits per heavy atom. The van der Waals surface area contributed by atoms with Crippen LogP contribution in [-0.2, 0) is 22.6 Å². The fourth-order valence-electron chi connectivity index (χ4n) is 3.06. The molecule has 2 aromatic carbocycles. The fourth-order valence-corrected chi connectivity index (χ4v) is 3.06. The minimum Gasteiger partial charge on any atom is -0.508 e. The molecule has 146 valence electrons. The minimum atomic E-state index is -0.668. The van der Waals surface area contributed by atoms with Crippen molar-refractivity contribution in [1.29, 1.82) is 0 Å². The van der Waals surface area contributed by atoms with Gasteiger partial charge in [0.2, 0.25) is 5.91 Å². The van der Waals surface area contributed by atoms with E-state index in [2.05, 4.69) is 10.6 Å². The number of phenolic OH excluding ortho intramolecular Hbond substituents is 1. The minimum absolute atomic E-state index is 0.158. The predicted molar refractivity (Wildman–Crippen MR) is 103 cm³/mol. The van der Waals surface area contributed by atoms with Crippen molar-refractivity contribution in [2.75, 3.05) is 6.54 Å². The third-order valence-electron chi connectivity index (χ3n) is 4.62. The SMILES string of the molecule is O=C(CC[C@@H]1NC(=O)N(Cc2ccccc2)C1=O)NCCc1ccc(O)cc1. The first kappa shape index (κ1) is 19.4. The molecule has 0 unspecified atom stereocenters. The molecular formula is C21H23N3O4. The monoisotopic (exact) mass is 381 g/mol. The van der Waals surface area contributed by atoms with Crippen LogP contribution in [0.1, 0.15) is 24.0 Å². The van der Waals surface area contributed by atoms with E-state index >= 15 is 0 Å². The summed E-state index contributed by atoms with van der Waals surface area (Å²) in [6, 6.07) is 15.0. The van der Waals surface area contributed by atoms with Gasteiger partial charge < -0.3 is 15.7 Å². The van der Waals surface area contributed by atoms with Crippen LogP contribution in [0.5, 0.6) is 5.75 Å². The van der Waals surface area contributed by atoms with Gasteiger partial charge in [-0.25, -0.2) is 4.79 Å². The zero-order chi connectivity index (χ0) is 19.9. The van der Waals surface area contributed by atoms with Gasteiger partial charge in [-0.2, -0.15) is 0 Å². The lowest BCUT2D eigenvalue weighted by atomic mass is 10.1. The first-order valence-electron chi connectivity index (χ1n) is 9.23. The third kappa shape index (κ3) is 5.09. The number of hydrogen-bond acceptors (Lipinski definition) is 4. The number of benzene rings is 2. The maximum absolute atomic E-state index is 12.4. The van der Waals surface area contributed by atoms with Crippen LogP contribution >= 0.6 is 0 Å². The number of imide groups is 1. The molecule has 7 heteroatoms. The topological polar surface area (TPSA) is 98.7 Å². The fraction of sp³-hybridized carbons (Fsp3) is 0.286. The average molecular weight is 381 g/mol. The number of carbonyl (C=O) groups is 3. The molecule has 3 rings (SSSR count). The highest BCUT2D eigenvalue weighted by Gasteiger charge is 2.37. The molecule has 1 aliphatic rings. The molecule has 0 spiro atoms. The Labute approximate surface area is 163 Å². The van der Waals surface area contributed by atoms with Crippen LogP contribution in [0.4, 0.5) is 4.79 Å². The Bertz CT molecular complexity index is 836. The Hall–Kier alpha value is -3.35. The smallest absolute Gasteiger partial charge is 0.325 e. The maximum atomic E-state index is 12.4. The molecule has 4 amide bonds. The van der Waals surface area contributed by atoms with E-state index in [0.717, 1.165) is 11.1 Å². The lowest BCUT2D eigenvalue weighted by Crippen LogP contribution is -2.33. The number of nitrogens with one attached hydrogen (secondary N) is 2. The first-order chi connectivity index (χ1) is 13.5. The Balaban J connectivity index is 1.41. The van der Waals surface area contributed by atoms with Crippen LogP contribution in [0.2, 0.25) is 0 Å². The molecular weight excluding hydrogens is 358 g/mol. The van der Waals surface area contributed by atoms with E-state index in [1.807, 2.05) is 30.3 Å². The van der Waals surface area contributed by atoms with E-state index in [-0.39, 0.29) is 37.0 Å². The van der Waals surface area contributed by atoms with Crippen LogP contribution in [0.3, 0.4) is 0 Å². The average Bonchev–Trinajstić information content (AvgIpc) is 2.96. The lowest BCUT2D eigenvalue weighted by Gasteiger charge is -2.13. The van der Waals surface area contributed by atoms with E-state index < -0.39 is 12.1 Å². The van der Waals surface area contributed by atoms with Gasteiger partial charge in [0.05, 0.1) is 6.54 Å². The molecule has 2 aromatic rings. The molecule has 0 bridgehead atoms. The maximum Gasteiger partial charge on any atom is 0.325 e. The summed E-state index contributed by atoms with van der Waals surface area (Å²) in [5.41, 5.74) is 1.88. The van der Waals surface area contributed by atoms with E-state index in [1.54, 1.807) is 24.3 Å². The van der Waals surface area contributed by atoms with Crippen LogP contribution in [0, 0.1) is 0 Å². The van der Waals surface area contributed by atoms with E-state index in [1.165, 1.54) is 4.90 Å². The second-order valence-corrected chi connectivity index (χ2v) is 6.72. The van der Waals surface area contributed by atoms with Gasteiger partial charge >= 0.3 is 6.03 Å². The zero-order valence-electron chi connectivity index (χ0n) is 15.4. The van der Waals surface area contributed by atoms with Crippen molar-refractivity contribution < 1.29 is 19.5 Å². The van der Waals surface area contributed by atoms with Crippen molar-refractivity contribution in [2.45, 2.75) is 31.8 Å². The standard InChI is InChI=1S/C21H23N3O4/c25-17-8-6-15(7-9-17)12-13-22-19(26)11-10-18-20(27)24(21(28)23-18)14-16-4-2-1-3-5-16/h1-9,18,25H,10-14H2,(H,22,26)(H,23,28)/t18-/m0/s1. The summed E-state index contributed by atoms with van der Waals surface area (Å²) in [6.07, 6.45) is 1.07. The number of urea groups is 1. The highest BCUT2D eigenvalue weighted by molar-refractivity contribution is 6.04. The van der Waals surface area contributed by atoms with E-state index in [4.69, 9.17) is 0 Å². The van der Waals surface area contributed by atoms with Crippen LogP contribution in [-0.4, -0.2) is 40.4 Å². The van der Waals surface area contributed by atoms with Gasteiger partial charge in [-0.3, -0.25) is 14.5 Å². The van der Waals surface area contributed by atoms with E-state index in [9.17, 15) is 19.5 Å². The molecule has 0 radical (unpaired) electrons. The van der Waals surface area contributed by atoms with Gasteiger partial charge in [0, 0.05) is 13.0 Å². The van der Waals surface area contributed by atoms with Crippen molar-refractivity contribution >= 4 is 17.8 Å². The molecule has 7 nitrogen and oxygen atoms in total. The first-order valence-corrected chi connectivity index (χ1v) is 9.23. The normalized spacial score (nSPS) is 16.1. The summed E-state index contributed by atoms with van der Waals surface area (Å²) < 4.78 is 0. The molecule has 1 atom stereocenters. The molecule has 1 saturated heterocycles. The lowest BCUT2D eigenvalue weighted by molar-refractivity contribution is -0.128. The summed E-state index contributed by atoms with van der Waals surface area (Å²) in [6.45, 7) is 0.690. The highest BCUT2D eigenvalue weighted by Crippen LogP contribution is 2.15. The Kier molecular flexibility index (Phi) is 6.26. The van der Waals surface area contributed by atoms with Crippen LogP contribution < -0.4 is 10.6 Å². The molecule has 1 aliphatic heterocycles. The zero-order valence-corrected chi connectivity index (χ0v) is 15.4. The number of carbonyl (C=O) groups excluding carboxylic acids is 3. The number of amides is 4. The van der Waals surface area contributed by atoms with Crippen LogP contribution in [0.25, 0.3) is 0 Å². The summed E-state index contributed by atoms with van der Waals surface area (Å²) in [5.74, 6) is -0.259.